The summed E-state index contributed by atoms with van der Waals surface area (Å²) in [6.45, 7) is 0.334. The second-order valence-corrected chi connectivity index (χ2v) is 9.64. The predicted octanol–water partition coefficient (Wildman–Crippen LogP) is 4.22. The minimum absolute atomic E-state index is 0.00111. The molecule has 0 N–H and O–H groups in total. The molecule has 0 aliphatic carbocycles. The predicted molar refractivity (Wildman–Crippen MR) is 110 cm³/mol. The highest BCUT2D eigenvalue weighted by molar-refractivity contribution is 7.91. The van der Waals surface area contributed by atoms with Crippen molar-refractivity contribution in [2.24, 2.45) is 0 Å². The van der Waals surface area contributed by atoms with Gasteiger partial charge in [-0.15, -0.1) is 0 Å². The fourth-order valence-electron chi connectivity index (χ4n) is 3.03. The summed E-state index contributed by atoms with van der Waals surface area (Å²) >= 11 is 11.8. The lowest BCUT2D eigenvalue weighted by Gasteiger charge is -2.27. The lowest BCUT2D eigenvalue weighted by molar-refractivity contribution is -0.128. The average Bonchev–Trinajstić information content (AvgIpc) is 3.00. The van der Waals surface area contributed by atoms with E-state index in [0.717, 1.165) is 11.1 Å². The van der Waals surface area contributed by atoms with Crippen molar-refractivity contribution in [1.29, 1.82) is 0 Å². The first kappa shape index (κ1) is 19.9. The van der Waals surface area contributed by atoms with Crippen LogP contribution in [0, 0.1) is 0 Å². The van der Waals surface area contributed by atoms with Gasteiger partial charge in [0.2, 0.25) is 5.91 Å². The Labute approximate surface area is 169 Å². The number of nitrogens with zero attached hydrogens (tertiary/aromatic N) is 1. The van der Waals surface area contributed by atoms with Gasteiger partial charge in [0.15, 0.2) is 9.84 Å². The molecular weight excluding hydrogens is 405 g/mol. The van der Waals surface area contributed by atoms with Crippen LogP contribution in [0.3, 0.4) is 0 Å². The minimum atomic E-state index is -3.10. The van der Waals surface area contributed by atoms with Crippen LogP contribution in [-0.4, -0.2) is 36.8 Å². The van der Waals surface area contributed by atoms with E-state index < -0.39 is 9.84 Å². The molecule has 4 nitrogen and oxygen atoms in total. The van der Waals surface area contributed by atoms with E-state index in [1.807, 2.05) is 24.3 Å². The van der Waals surface area contributed by atoms with Crippen molar-refractivity contribution < 1.29 is 13.2 Å². The fourth-order valence-corrected chi connectivity index (χ4v) is 5.01. The standard InChI is InChI=1S/C20H19Cl2NO3S/c21-17-6-1-15(2-7-17)5-10-20(24)23(19-11-12-27(25,26)14-19)13-16-3-8-18(22)9-4-16/h1-10,19H,11-14H2/b10-5+. The van der Waals surface area contributed by atoms with Crippen LogP contribution in [0.4, 0.5) is 0 Å². The second-order valence-electron chi connectivity index (χ2n) is 6.53. The molecule has 27 heavy (non-hydrogen) atoms. The summed E-state index contributed by atoms with van der Waals surface area (Å²) < 4.78 is 23.8. The van der Waals surface area contributed by atoms with Crippen LogP contribution in [0.1, 0.15) is 17.5 Å². The van der Waals surface area contributed by atoms with Gasteiger partial charge in [0, 0.05) is 28.7 Å². The van der Waals surface area contributed by atoms with Gasteiger partial charge in [-0.05, 0) is 47.9 Å². The Hall–Kier alpha value is -1.82. The maximum Gasteiger partial charge on any atom is 0.247 e. The Balaban J connectivity index is 1.80. The van der Waals surface area contributed by atoms with E-state index in [-0.39, 0.29) is 23.5 Å². The number of sulfone groups is 1. The monoisotopic (exact) mass is 423 g/mol. The highest BCUT2D eigenvalue weighted by Crippen LogP contribution is 2.22. The number of hydrogen-bond acceptors (Lipinski definition) is 3. The van der Waals surface area contributed by atoms with E-state index in [2.05, 4.69) is 0 Å². The summed E-state index contributed by atoms with van der Waals surface area (Å²) in [5.41, 5.74) is 1.75. The molecule has 1 aliphatic rings. The highest BCUT2D eigenvalue weighted by atomic mass is 35.5. The Bertz CT molecular complexity index is 938. The number of carbonyl (C=O) groups is 1. The molecule has 0 spiro atoms. The molecule has 1 fully saturated rings. The van der Waals surface area contributed by atoms with Crippen molar-refractivity contribution >= 4 is 45.0 Å². The van der Waals surface area contributed by atoms with Crippen LogP contribution in [0.2, 0.25) is 10.0 Å². The summed E-state index contributed by atoms with van der Waals surface area (Å²) in [4.78, 5) is 14.5. The molecule has 2 aromatic rings. The summed E-state index contributed by atoms with van der Waals surface area (Å²) in [6.07, 6.45) is 3.64. The van der Waals surface area contributed by atoms with Crippen LogP contribution in [-0.2, 0) is 21.2 Å². The first-order chi connectivity index (χ1) is 12.8. The van der Waals surface area contributed by atoms with E-state index in [4.69, 9.17) is 23.2 Å². The third kappa shape index (κ3) is 5.58. The normalized spacial score (nSPS) is 18.7. The molecule has 7 heteroatoms. The quantitative estimate of drug-likeness (QED) is 0.676. The first-order valence-electron chi connectivity index (χ1n) is 8.51. The molecule has 0 saturated carbocycles. The van der Waals surface area contributed by atoms with Gasteiger partial charge in [0.05, 0.1) is 11.5 Å². The second kappa shape index (κ2) is 8.46. The summed E-state index contributed by atoms with van der Waals surface area (Å²) in [5.74, 6) is -0.105. The van der Waals surface area contributed by atoms with Crippen molar-refractivity contribution in [1.82, 2.24) is 4.90 Å². The lowest BCUT2D eigenvalue weighted by Crippen LogP contribution is -2.39. The van der Waals surface area contributed by atoms with E-state index in [9.17, 15) is 13.2 Å². The van der Waals surface area contributed by atoms with E-state index in [0.29, 0.717) is 23.0 Å². The number of rotatable bonds is 5. The van der Waals surface area contributed by atoms with Crippen molar-refractivity contribution in [3.63, 3.8) is 0 Å². The van der Waals surface area contributed by atoms with E-state index >= 15 is 0 Å². The third-order valence-electron chi connectivity index (χ3n) is 4.49. The summed E-state index contributed by atoms with van der Waals surface area (Å²) in [5, 5.41) is 1.24. The molecule has 1 heterocycles. The van der Waals surface area contributed by atoms with Gasteiger partial charge in [-0.25, -0.2) is 8.42 Å². The van der Waals surface area contributed by atoms with E-state index in [1.165, 1.54) is 6.08 Å². The zero-order chi connectivity index (χ0) is 19.4. The van der Waals surface area contributed by atoms with Crippen molar-refractivity contribution in [2.75, 3.05) is 11.5 Å². The zero-order valence-corrected chi connectivity index (χ0v) is 16.8. The summed E-state index contributed by atoms with van der Waals surface area (Å²) in [6, 6.07) is 14.0. The number of hydrogen-bond donors (Lipinski definition) is 0. The Morgan fingerprint density at radius 3 is 2.19 bits per heavy atom. The Morgan fingerprint density at radius 1 is 1.04 bits per heavy atom. The molecule has 1 aliphatic heterocycles. The van der Waals surface area contributed by atoms with Crippen molar-refractivity contribution in [3.8, 4) is 0 Å². The third-order valence-corrected chi connectivity index (χ3v) is 6.74. The molecule has 142 valence electrons. The molecule has 0 bridgehead atoms. The van der Waals surface area contributed by atoms with Crippen LogP contribution >= 0.6 is 23.2 Å². The molecule has 0 radical (unpaired) electrons. The van der Waals surface area contributed by atoms with Crippen LogP contribution in [0.25, 0.3) is 6.08 Å². The number of halogens is 2. The highest BCUT2D eigenvalue weighted by Gasteiger charge is 2.34. The number of amides is 1. The first-order valence-corrected chi connectivity index (χ1v) is 11.1. The van der Waals surface area contributed by atoms with Crippen molar-refractivity contribution in [2.45, 2.75) is 19.0 Å². The van der Waals surface area contributed by atoms with Gasteiger partial charge in [-0.2, -0.15) is 0 Å². The molecule has 0 aromatic heterocycles. The van der Waals surface area contributed by atoms with Gasteiger partial charge < -0.3 is 4.90 Å². The maximum absolute atomic E-state index is 12.8. The van der Waals surface area contributed by atoms with Gasteiger partial charge in [-0.3, -0.25) is 4.79 Å². The lowest BCUT2D eigenvalue weighted by atomic mass is 10.1. The van der Waals surface area contributed by atoms with Gasteiger partial charge >= 0.3 is 0 Å². The van der Waals surface area contributed by atoms with Gasteiger partial charge in [0.1, 0.15) is 0 Å². The smallest absolute Gasteiger partial charge is 0.247 e. The van der Waals surface area contributed by atoms with Crippen LogP contribution in [0.5, 0.6) is 0 Å². The summed E-state index contributed by atoms with van der Waals surface area (Å²) in [7, 11) is -3.10. The molecule has 2 aromatic carbocycles. The fraction of sp³-hybridized carbons (Fsp3) is 0.250. The maximum atomic E-state index is 12.8. The Morgan fingerprint density at radius 2 is 1.63 bits per heavy atom. The van der Waals surface area contributed by atoms with Gasteiger partial charge in [-0.1, -0.05) is 47.5 Å². The molecule has 1 amide bonds. The van der Waals surface area contributed by atoms with E-state index in [1.54, 1.807) is 35.2 Å². The zero-order valence-electron chi connectivity index (χ0n) is 14.5. The molecular formula is C20H19Cl2NO3S. The molecule has 1 atom stereocenters. The SMILES string of the molecule is O=C(/C=C/c1ccc(Cl)cc1)N(Cc1ccc(Cl)cc1)C1CCS(=O)(=O)C1. The molecule has 3 rings (SSSR count). The topological polar surface area (TPSA) is 54.5 Å². The van der Waals surface area contributed by atoms with Crippen LogP contribution in [0.15, 0.2) is 54.6 Å². The van der Waals surface area contributed by atoms with Crippen molar-refractivity contribution in [3.05, 3.63) is 75.8 Å². The molecule has 1 saturated heterocycles. The van der Waals surface area contributed by atoms with Gasteiger partial charge in [0.25, 0.3) is 0 Å². The Kier molecular flexibility index (Phi) is 6.25. The number of benzene rings is 2. The average molecular weight is 424 g/mol. The minimum Gasteiger partial charge on any atom is -0.331 e. The van der Waals surface area contributed by atoms with Crippen LogP contribution < -0.4 is 0 Å². The number of carbonyl (C=O) groups excluding carboxylic acids is 1. The largest absolute Gasteiger partial charge is 0.331 e. The molecule has 1 unspecified atom stereocenters.